The van der Waals surface area contributed by atoms with E-state index >= 15 is 0 Å². The van der Waals surface area contributed by atoms with E-state index < -0.39 is 0 Å². The number of Topliss-reactive ketones (excluding diaryl/α,β-unsaturated/α-hetero) is 1. The largest absolute Gasteiger partial charge is 0.457 e. The van der Waals surface area contributed by atoms with Gasteiger partial charge in [0, 0.05) is 24.1 Å². The molecule has 2 saturated carbocycles. The van der Waals surface area contributed by atoms with Crippen molar-refractivity contribution in [3.63, 3.8) is 0 Å². The van der Waals surface area contributed by atoms with Crippen LogP contribution in [0.2, 0.25) is 0 Å². The van der Waals surface area contributed by atoms with Gasteiger partial charge in [0.1, 0.15) is 11.9 Å². The van der Waals surface area contributed by atoms with E-state index in [1.807, 2.05) is 11.4 Å². The standard InChI is InChI=1S/C22H32O3S/c1-15(17-11-12-18-19(24)8-5-13-22(17,18)3)7-4-9-20(25-16(2)23)21-10-6-14-26-21/h6,10,14-15,17-18,20H,4-5,7-9,11-13H2,1-3H3. The van der Waals surface area contributed by atoms with Crippen LogP contribution in [-0.2, 0) is 14.3 Å². The molecule has 26 heavy (non-hydrogen) atoms. The second-order valence-electron chi connectivity index (χ2n) is 8.58. The fraction of sp³-hybridized carbons (Fsp3) is 0.727. The zero-order valence-electron chi connectivity index (χ0n) is 16.3. The van der Waals surface area contributed by atoms with E-state index in [1.54, 1.807) is 11.3 Å². The van der Waals surface area contributed by atoms with Crippen LogP contribution in [0, 0.1) is 23.2 Å². The minimum atomic E-state index is -0.205. The minimum Gasteiger partial charge on any atom is -0.457 e. The lowest BCUT2D eigenvalue weighted by atomic mass is 9.62. The van der Waals surface area contributed by atoms with Gasteiger partial charge in [0.05, 0.1) is 0 Å². The van der Waals surface area contributed by atoms with E-state index in [9.17, 15) is 9.59 Å². The highest BCUT2D eigenvalue weighted by atomic mass is 32.1. The van der Waals surface area contributed by atoms with Crippen LogP contribution in [0.3, 0.4) is 0 Å². The summed E-state index contributed by atoms with van der Waals surface area (Å²) in [6.07, 6.45) is 8.35. The lowest BCUT2D eigenvalue weighted by molar-refractivity contribution is -0.147. The predicted molar refractivity (Wildman–Crippen MR) is 105 cm³/mol. The average molecular weight is 377 g/mol. The third-order valence-corrected chi connectivity index (χ3v) is 7.88. The predicted octanol–water partition coefficient (Wildman–Crippen LogP) is 5.94. The number of esters is 1. The molecule has 2 aliphatic rings. The molecule has 0 aliphatic heterocycles. The van der Waals surface area contributed by atoms with Crippen LogP contribution in [0.25, 0.3) is 0 Å². The summed E-state index contributed by atoms with van der Waals surface area (Å²) in [6.45, 7) is 6.22. The van der Waals surface area contributed by atoms with Crippen LogP contribution < -0.4 is 0 Å². The monoisotopic (exact) mass is 376 g/mol. The first-order chi connectivity index (χ1) is 12.4. The summed E-state index contributed by atoms with van der Waals surface area (Å²) in [7, 11) is 0. The Morgan fingerprint density at radius 1 is 1.38 bits per heavy atom. The molecular weight excluding hydrogens is 344 g/mol. The van der Waals surface area contributed by atoms with Gasteiger partial charge in [0.2, 0.25) is 0 Å². The number of rotatable bonds is 7. The first-order valence-electron chi connectivity index (χ1n) is 10.1. The quantitative estimate of drug-likeness (QED) is 0.553. The van der Waals surface area contributed by atoms with Crippen LogP contribution in [0.15, 0.2) is 17.5 Å². The molecule has 3 rings (SSSR count). The van der Waals surface area contributed by atoms with E-state index in [-0.39, 0.29) is 17.5 Å². The molecule has 5 unspecified atom stereocenters. The van der Waals surface area contributed by atoms with E-state index in [2.05, 4.69) is 19.9 Å². The van der Waals surface area contributed by atoms with Crippen molar-refractivity contribution in [2.24, 2.45) is 23.2 Å². The molecule has 0 amide bonds. The normalized spacial score (nSPS) is 30.7. The van der Waals surface area contributed by atoms with Gasteiger partial charge in [-0.05, 0) is 67.2 Å². The summed E-state index contributed by atoms with van der Waals surface area (Å²) >= 11 is 1.66. The van der Waals surface area contributed by atoms with Gasteiger partial charge in [0.25, 0.3) is 0 Å². The molecule has 1 aromatic rings. The number of carbonyl (C=O) groups excluding carboxylic acids is 2. The molecule has 144 valence electrons. The first kappa shape index (κ1) is 19.6. The van der Waals surface area contributed by atoms with Crippen molar-refractivity contribution in [3.8, 4) is 0 Å². The Kier molecular flexibility index (Phi) is 6.21. The Hall–Kier alpha value is -1.16. The number of thiophene rings is 1. The van der Waals surface area contributed by atoms with E-state index in [0.29, 0.717) is 23.5 Å². The van der Waals surface area contributed by atoms with Crippen LogP contribution in [0.4, 0.5) is 0 Å². The molecule has 0 radical (unpaired) electrons. The highest BCUT2D eigenvalue weighted by Gasteiger charge is 2.52. The highest BCUT2D eigenvalue weighted by molar-refractivity contribution is 7.10. The van der Waals surface area contributed by atoms with Crippen LogP contribution >= 0.6 is 11.3 Å². The molecule has 0 N–H and O–H groups in total. The molecule has 0 saturated heterocycles. The molecule has 1 heterocycles. The number of hydrogen-bond donors (Lipinski definition) is 0. The maximum Gasteiger partial charge on any atom is 0.303 e. The molecule has 3 nitrogen and oxygen atoms in total. The number of fused-ring (bicyclic) bond motifs is 1. The highest BCUT2D eigenvalue weighted by Crippen LogP contribution is 2.57. The average Bonchev–Trinajstić information content (AvgIpc) is 3.21. The topological polar surface area (TPSA) is 43.4 Å². The van der Waals surface area contributed by atoms with Crippen molar-refractivity contribution in [2.75, 3.05) is 0 Å². The van der Waals surface area contributed by atoms with Gasteiger partial charge in [-0.3, -0.25) is 9.59 Å². The summed E-state index contributed by atoms with van der Waals surface area (Å²) in [5.74, 6) is 1.90. The lowest BCUT2D eigenvalue weighted by Crippen LogP contribution is -2.39. The van der Waals surface area contributed by atoms with Gasteiger partial charge < -0.3 is 4.74 Å². The molecule has 5 atom stereocenters. The molecule has 4 heteroatoms. The molecule has 2 fully saturated rings. The summed E-state index contributed by atoms with van der Waals surface area (Å²) in [5, 5.41) is 2.04. The molecule has 2 aliphatic carbocycles. The van der Waals surface area contributed by atoms with Gasteiger partial charge in [-0.15, -0.1) is 11.3 Å². The van der Waals surface area contributed by atoms with Crippen LogP contribution in [-0.4, -0.2) is 11.8 Å². The zero-order chi connectivity index (χ0) is 18.7. The number of hydrogen-bond acceptors (Lipinski definition) is 4. The second kappa shape index (κ2) is 8.24. The molecule has 0 spiro atoms. The van der Waals surface area contributed by atoms with Crippen molar-refractivity contribution in [1.82, 2.24) is 0 Å². The lowest BCUT2D eigenvalue weighted by Gasteiger charge is -2.42. The fourth-order valence-corrected chi connectivity index (χ4v) is 6.45. The van der Waals surface area contributed by atoms with Gasteiger partial charge in [0.15, 0.2) is 0 Å². The van der Waals surface area contributed by atoms with E-state index in [4.69, 9.17) is 4.74 Å². The summed E-state index contributed by atoms with van der Waals surface area (Å²) in [4.78, 5) is 24.9. The number of ether oxygens (including phenoxy) is 1. The Morgan fingerprint density at radius 2 is 2.19 bits per heavy atom. The Labute approximate surface area is 161 Å². The van der Waals surface area contributed by atoms with Gasteiger partial charge in [-0.2, -0.15) is 0 Å². The zero-order valence-corrected chi connectivity index (χ0v) is 17.1. The number of ketones is 1. The van der Waals surface area contributed by atoms with Gasteiger partial charge >= 0.3 is 5.97 Å². The molecule has 0 bridgehead atoms. The summed E-state index contributed by atoms with van der Waals surface area (Å²) in [6, 6.07) is 4.07. The Morgan fingerprint density at radius 3 is 2.88 bits per heavy atom. The SMILES string of the molecule is CC(=O)OC(CCCC(C)C1CCC2C(=O)CCCC21C)c1cccs1. The second-order valence-corrected chi connectivity index (χ2v) is 9.56. The van der Waals surface area contributed by atoms with Gasteiger partial charge in [-0.1, -0.05) is 26.3 Å². The molecule has 1 aromatic heterocycles. The first-order valence-corrected chi connectivity index (χ1v) is 11.0. The van der Waals surface area contributed by atoms with Crippen molar-refractivity contribution >= 4 is 23.1 Å². The summed E-state index contributed by atoms with van der Waals surface area (Å²) in [5.41, 5.74) is 0.220. The minimum absolute atomic E-state index is 0.108. The Bertz CT molecular complexity index is 623. The van der Waals surface area contributed by atoms with Crippen LogP contribution in [0.1, 0.15) is 83.1 Å². The molecular formula is C22H32O3S. The Balaban J connectivity index is 1.55. The third kappa shape index (κ3) is 4.05. The molecule has 0 aromatic carbocycles. The van der Waals surface area contributed by atoms with Gasteiger partial charge in [-0.25, -0.2) is 0 Å². The maximum atomic E-state index is 12.3. The van der Waals surface area contributed by atoms with Crippen LogP contribution in [0.5, 0.6) is 0 Å². The van der Waals surface area contributed by atoms with Crippen molar-refractivity contribution in [2.45, 2.75) is 78.2 Å². The van der Waals surface area contributed by atoms with Crippen molar-refractivity contribution in [3.05, 3.63) is 22.4 Å². The fourth-order valence-electron chi connectivity index (χ4n) is 5.67. The summed E-state index contributed by atoms with van der Waals surface area (Å²) < 4.78 is 5.55. The van der Waals surface area contributed by atoms with E-state index in [0.717, 1.165) is 43.4 Å². The van der Waals surface area contributed by atoms with E-state index in [1.165, 1.54) is 19.8 Å². The third-order valence-electron chi connectivity index (χ3n) is 6.92. The van der Waals surface area contributed by atoms with Crippen molar-refractivity contribution < 1.29 is 14.3 Å². The maximum absolute atomic E-state index is 12.3. The smallest absolute Gasteiger partial charge is 0.303 e. The number of carbonyl (C=O) groups is 2. The van der Waals surface area contributed by atoms with Crippen molar-refractivity contribution in [1.29, 1.82) is 0 Å².